The monoisotopic (exact) mass is 191 g/mol. The van der Waals surface area contributed by atoms with Crippen molar-refractivity contribution in [3.63, 3.8) is 0 Å². The van der Waals surface area contributed by atoms with Crippen molar-refractivity contribution in [3.8, 4) is 0 Å². The maximum atomic E-state index is 10.5. The molecule has 0 spiro atoms. The summed E-state index contributed by atoms with van der Waals surface area (Å²) < 4.78 is 7.18. The zero-order valence-corrected chi connectivity index (χ0v) is 7.06. The second kappa shape index (κ2) is 5.50. The molecule has 0 unspecified atom stereocenters. The fraction of sp³-hybridized carbons (Fsp3) is 0.714. The van der Waals surface area contributed by atoms with E-state index in [1.807, 2.05) is 0 Å². The van der Waals surface area contributed by atoms with Gasteiger partial charge in [0.05, 0.1) is 1.37 Å². The van der Waals surface area contributed by atoms with Crippen molar-refractivity contribution in [1.29, 1.82) is 0 Å². The normalized spacial score (nSPS) is 18.5. The van der Waals surface area contributed by atoms with Crippen LogP contribution in [0.5, 0.6) is 0 Å². The second-order valence-corrected chi connectivity index (χ2v) is 2.65. The van der Waals surface area contributed by atoms with E-state index in [4.69, 9.17) is 23.1 Å². The number of carboxylic acid groups (broad SMARTS) is 2. The van der Waals surface area contributed by atoms with E-state index < -0.39 is 24.0 Å². The predicted molar refractivity (Wildman–Crippen MR) is 45.1 cm³/mol. The van der Waals surface area contributed by atoms with Crippen LogP contribution < -0.4 is 11.5 Å². The Balaban J connectivity index is 4.01. The van der Waals surface area contributed by atoms with Gasteiger partial charge in [-0.3, -0.25) is 9.59 Å². The van der Waals surface area contributed by atoms with Crippen molar-refractivity contribution in [2.75, 3.05) is 0 Å². The molecule has 2 atom stereocenters. The molecule has 0 rings (SSSR count). The minimum absolute atomic E-state index is 0.0958. The van der Waals surface area contributed by atoms with E-state index in [9.17, 15) is 9.59 Å². The molecule has 76 valence electrons. The zero-order valence-electron chi connectivity index (χ0n) is 8.06. The Morgan fingerprint density at radius 3 is 2.31 bits per heavy atom. The SMILES string of the molecule is [2H][C@@](N)(C(=O)O)[C@@H](N)CCCC(=O)O. The molecule has 0 fully saturated rings. The second-order valence-electron chi connectivity index (χ2n) is 2.65. The van der Waals surface area contributed by atoms with Gasteiger partial charge in [0.15, 0.2) is 0 Å². The van der Waals surface area contributed by atoms with Crippen molar-refractivity contribution in [2.45, 2.75) is 31.3 Å². The minimum Gasteiger partial charge on any atom is -0.481 e. The van der Waals surface area contributed by atoms with E-state index >= 15 is 0 Å². The lowest BCUT2D eigenvalue weighted by molar-refractivity contribution is -0.139. The van der Waals surface area contributed by atoms with Crippen LogP contribution >= 0.6 is 0 Å². The molecule has 0 saturated carbocycles. The fourth-order valence-corrected chi connectivity index (χ4v) is 0.787. The van der Waals surface area contributed by atoms with Gasteiger partial charge in [0.1, 0.15) is 6.02 Å². The summed E-state index contributed by atoms with van der Waals surface area (Å²) in [4.78, 5) is 20.6. The Hall–Kier alpha value is -1.14. The van der Waals surface area contributed by atoms with Crippen LogP contribution in [0.25, 0.3) is 0 Å². The Kier molecular flexibility index (Phi) is 4.20. The van der Waals surface area contributed by atoms with Crippen LogP contribution in [-0.2, 0) is 9.59 Å². The summed E-state index contributed by atoms with van der Waals surface area (Å²) in [6.45, 7) is 0. The molecular formula is C7H14N2O4. The van der Waals surface area contributed by atoms with Gasteiger partial charge in [-0.2, -0.15) is 0 Å². The average Bonchev–Trinajstić information content (AvgIpc) is 2.02. The molecule has 0 saturated heterocycles. The summed E-state index contributed by atoms with van der Waals surface area (Å²) in [6.07, 6.45) is 0.198. The lowest BCUT2D eigenvalue weighted by Crippen LogP contribution is -2.46. The molecule has 0 aromatic heterocycles. The molecule has 0 aromatic carbocycles. The van der Waals surface area contributed by atoms with Crippen molar-refractivity contribution >= 4 is 11.9 Å². The van der Waals surface area contributed by atoms with Gasteiger partial charge in [-0.05, 0) is 12.8 Å². The van der Waals surface area contributed by atoms with E-state index in [1.165, 1.54) is 0 Å². The molecule has 0 radical (unpaired) electrons. The van der Waals surface area contributed by atoms with Gasteiger partial charge < -0.3 is 21.7 Å². The van der Waals surface area contributed by atoms with Gasteiger partial charge in [0.25, 0.3) is 0 Å². The van der Waals surface area contributed by atoms with Crippen LogP contribution in [-0.4, -0.2) is 34.2 Å². The first-order chi connectivity index (χ1) is 6.28. The van der Waals surface area contributed by atoms with Crippen molar-refractivity contribution in [1.82, 2.24) is 0 Å². The zero-order chi connectivity index (χ0) is 11.4. The third kappa shape index (κ3) is 5.15. The van der Waals surface area contributed by atoms with Crippen molar-refractivity contribution in [3.05, 3.63) is 0 Å². The molecule has 13 heavy (non-hydrogen) atoms. The molecule has 0 aromatic rings. The highest BCUT2D eigenvalue weighted by Gasteiger charge is 2.19. The van der Waals surface area contributed by atoms with E-state index in [1.54, 1.807) is 0 Å². The van der Waals surface area contributed by atoms with E-state index in [2.05, 4.69) is 0 Å². The van der Waals surface area contributed by atoms with Gasteiger partial charge in [-0.25, -0.2) is 0 Å². The molecule has 0 bridgehead atoms. The summed E-state index contributed by atoms with van der Waals surface area (Å²) in [5, 5.41) is 16.8. The Morgan fingerprint density at radius 1 is 1.38 bits per heavy atom. The average molecular weight is 191 g/mol. The number of carbonyl (C=O) groups is 2. The Bertz CT molecular complexity index is 232. The first-order valence-corrected chi connectivity index (χ1v) is 3.78. The van der Waals surface area contributed by atoms with Gasteiger partial charge in [-0.1, -0.05) is 0 Å². The third-order valence-electron chi connectivity index (χ3n) is 1.55. The maximum Gasteiger partial charge on any atom is 0.322 e. The van der Waals surface area contributed by atoms with Crippen LogP contribution in [0.1, 0.15) is 20.6 Å². The quantitative estimate of drug-likeness (QED) is 0.425. The number of carboxylic acids is 2. The third-order valence-corrected chi connectivity index (χ3v) is 1.55. The van der Waals surface area contributed by atoms with Crippen LogP contribution in [0.2, 0.25) is 0 Å². The lowest BCUT2D eigenvalue weighted by Gasteiger charge is -2.14. The Labute approximate surface area is 76.9 Å². The molecular weight excluding hydrogens is 176 g/mol. The minimum atomic E-state index is -2.25. The molecule has 0 aliphatic carbocycles. The largest absolute Gasteiger partial charge is 0.481 e. The molecule has 6 heteroatoms. The van der Waals surface area contributed by atoms with Crippen LogP contribution in [0, 0.1) is 0 Å². The molecule has 6 N–H and O–H groups in total. The number of nitrogens with two attached hydrogens (primary N) is 2. The summed E-state index contributed by atoms with van der Waals surface area (Å²) in [6, 6.07) is -3.32. The number of rotatable bonds is 6. The summed E-state index contributed by atoms with van der Waals surface area (Å²) in [5.41, 5.74) is 10.5. The van der Waals surface area contributed by atoms with Gasteiger partial charge in [0.2, 0.25) is 0 Å². The van der Waals surface area contributed by atoms with Crippen molar-refractivity contribution in [2.24, 2.45) is 11.5 Å². The smallest absolute Gasteiger partial charge is 0.322 e. The van der Waals surface area contributed by atoms with E-state index in [0.717, 1.165) is 0 Å². The molecule has 0 amide bonds. The summed E-state index contributed by atoms with van der Waals surface area (Å²) in [5.74, 6) is -2.50. The molecule has 0 aliphatic rings. The highest BCUT2D eigenvalue weighted by atomic mass is 16.4. The summed E-state index contributed by atoms with van der Waals surface area (Å²) >= 11 is 0. The first-order valence-electron chi connectivity index (χ1n) is 4.28. The fourth-order valence-electron chi connectivity index (χ4n) is 0.787. The Morgan fingerprint density at radius 2 is 1.92 bits per heavy atom. The first kappa shape index (κ1) is 9.94. The van der Waals surface area contributed by atoms with E-state index in [0.29, 0.717) is 0 Å². The molecule has 0 aliphatic heterocycles. The lowest BCUT2D eigenvalue weighted by atomic mass is 10.0. The van der Waals surface area contributed by atoms with Gasteiger partial charge in [0, 0.05) is 12.5 Å². The van der Waals surface area contributed by atoms with Gasteiger partial charge in [-0.15, -0.1) is 0 Å². The molecule has 0 heterocycles. The highest BCUT2D eigenvalue weighted by Crippen LogP contribution is 2.01. The van der Waals surface area contributed by atoms with Crippen molar-refractivity contribution < 1.29 is 21.2 Å². The molecule has 6 nitrogen and oxygen atoms in total. The maximum absolute atomic E-state index is 10.5. The number of hydrogen-bond acceptors (Lipinski definition) is 4. The van der Waals surface area contributed by atoms with Crippen LogP contribution in [0.4, 0.5) is 0 Å². The van der Waals surface area contributed by atoms with Crippen LogP contribution in [0.3, 0.4) is 0 Å². The van der Waals surface area contributed by atoms with E-state index in [-0.39, 0.29) is 19.3 Å². The standard InChI is InChI=1S/C7H14N2O4/c8-4(6(9)7(12)13)2-1-3-5(10)11/h4,6H,1-3,8-9H2,(H,10,11)(H,12,13)/t4-,6-/m0/s1/i6D. The number of aliphatic carboxylic acids is 2. The summed E-state index contributed by atoms with van der Waals surface area (Å²) in [7, 11) is 0. The number of hydrogen-bond donors (Lipinski definition) is 4. The van der Waals surface area contributed by atoms with Gasteiger partial charge >= 0.3 is 11.9 Å². The predicted octanol–water partition coefficient (Wildman–Crippen LogP) is -1.02. The highest BCUT2D eigenvalue weighted by molar-refractivity contribution is 5.74. The van der Waals surface area contributed by atoms with Crippen LogP contribution in [0.15, 0.2) is 0 Å². The topological polar surface area (TPSA) is 127 Å².